The van der Waals surface area contributed by atoms with E-state index in [0.29, 0.717) is 18.7 Å². The van der Waals surface area contributed by atoms with Crippen LogP contribution < -0.4 is 10.1 Å². The van der Waals surface area contributed by atoms with Crippen LogP contribution in [0.4, 0.5) is 0 Å². The Kier molecular flexibility index (Phi) is 6.88. The van der Waals surface area contributed by atoms with Crippen LogP contribution in [0, 0.1) is 11.8 Å². The van der Waals surface area contributed by atoms with Crippen molar-refractivity contribution in [3.8, 4) is 17.6 Å². The zero-order valence-corrected chi connectivity index (χ0v) is 13.7. The van der Waals surface area contributed by atoms with Gasteiger partial charge in [0.15, 0.2) is 0 Å². The van der Waals surface area contributed by atoms with Crippen molar-refractivity contribution < 1.29 is 14.6 Å². The van der Waals surface area contributed by atoms with E-state index in [1.807, 2.05) is 30.3 Å². The number of carbonyl (C=O) groups excluding carboxylic acids is 1. The van der Waals surface area contributed by atoms with Gasteiger partial charge in [-0.2, -0.15) is 0 Å². The summed E-state index contributed by atoms with van der Waals surface area (Å²) in [5.74, 6) is 5.94. The first-order valence-electron chi connectivity index (χ1n) is 7.80. The molecule has 0 heterocycles. The van der Waals surface area contributed by atoms with E-state index in [4.69, 9.17) is 4.74 Å². The largest absolute Gasteiger partial charge is 0.489 e. The van der Waals surface area contributed by atoms with Crippen LogP contribution in [0.2, 0.25) is 0 Å². The number of nitrogens with one attached hydrogen (secondary N) is 1. The first kappa shape index (κ1) is 17.6. The molecular formula is C20H21NO3. The highest BCUT2D eigenvalue weighted by Gasteiger charge is 2.12. The first-order valence-corrected chi connectivity index (χ1v) is 7.80. The van der Waals surface area contributed by atoms with Crippen molar-refractivity contribution in [2.45, 2.75) is 26.1 Å². The van der Waals surface area contributed by atoms with Crippen LogP contribution in [0.25, 0.3) is 0 Å². The molecule has 0 spiro atoms. The molecule has 2 N–H and O–H groups in total. The number of hydrogen-bond donors (Lipinski definition) is 2. The van der Waals surface area contributed by atoms with Crippen LogP contribution in [0.3, 0.4) is 0 Å². The van der Waals surface area contributed by atoms with Gasteiger partial charge in [-0.05, 0) is 30.2 Å². The summed E-state index contributed by atoms with van der Waals surface area (Å²) in [5, 5.41) is 12.7. The molecule has 24 heavy (non-hydrogen) atoms. The van der Waals surface area contributed by atoms with Gasteiger partial charge in [0.1, 0.15) is 12.4 Å². The third-order valence-electron chi connectivity index (χ3n) is 3.44. The van der Waals surface area contributed by atoms with Gasteiger partial charge in [0, 0.05) is 0 Å². The van der Waals surface area contributed by atoms with Gasteiger partial charge < -0.3 is 15.2 Å². The summed E-state index contributed by atoms with van der Waals surface area (Å²) in [7, 11) is 0. The highest BCUT2D eigenvalue weighted by atomic mass is 16.5. The van der Waals surface area contributed by atoms with Gasteiger partial charge in [0.05, 0.1) is 19.1 Å². The summed E-state index contributed by atoms with van der Waals surface area (Å²) in [6, 6.07) is 17.0. The molecule has 0 bridgehead atoms. The molecule has 0 fully saturated rings. The molecule has 4 heteroatoms. The fourth-order valence-electron chi connectivity index (χ4n) is 2.12. The van der Waals surface area contributed by atoms with E-state index in [-0.39, 0.29) is 12.3 Å². The number of benzene rings is 2. The maximum Gasteiger partial charge on any atom is 0.223 e. The van der Waals surface area contributed by atoms with Crippen LogP contribution in [-0.2, 0) is 11.4 Å². The van der Waals surface area contributed by atoms with E-state index in [1.54, 1.807) is 31.2 Å². The molecule has 1 atom stereocenters. The maximum atomic E-state index is 11.7. The van der Waals surface area contributed by atoms with Crippen molar-refractivity contribution in [2.75, 3.05) is 6.54 Å². The molecule has 0 saturated carbocycles. The van der Waals surface area contributed by atoms with E-state index in [1.165, 1.54) is 0 Å². The normalized spacial score (nSPS) is 11.1. The molecule has 2 aromatic carbocycles. The van der Waals surface area contributed by atoms with Crippen LogP contribution in [0.5, 0.6) is 5.75 Å². The fourth-order valence-corrected chi connectivity index (χ4v) is 2.12. The van der Waals surface area contributed by atoms with E-state index < -0.39 is 6.10 Å². The predicted octanol–water partition coefficient (Wildman–Crippen LogP) is 2.83. The quantitative estimate of drug-likeness (QED) is 0.770. The molecule has 0 aliphatic rings. The molecule has 0 radical (unpaired) electrons. The minimum absolute atomic E-state index is 0.00954. The molecule has 1 amide bonds. The van der Waals surface area contributed by atoms with E-state index in [9.17, 15) is 9.90 Å². The van der Waals surface area contributed by atoms with Gasteiger partial charge >= 0.3 is 0 Å². The number of amides is 1. The van der Waals surface area contributed by atoms with E-state index in [2.05, 4.69) is 17.2 Å². The summed E-state index contributed by atoms with van der Waals surface area (Å²) in [6.07, 6.45) is -0.835. The van der Waals surface area contributed by atoms with Crippen LogP contribution in [0.15, 0.2) is 54.6 Å². The zero-order valence-electron chi connectivity index (χ0n) is 13.7. The van der Waals surface area contributed by atoms with Crippen molar-refractivity contribution in [2.24, 2.45) is 0 Å². The third kappa shape index (κ3) is 5.79. The molecule has 4 nitrogen and oxygen atoms in total. The number of aliphatic hydroxyl groups is 1. The molecule has 0 aliphatic carbocycles. The van der Waals surface area contributed by atoms with Gasteiger partial charge in [-0.3, -0.25) is 4.79 Å². The predicted molar refractivity (Wildman–Crippen MR) is 93.3 cm³/mol. The average molecular weight is 323 g/mol. The third-order valence-corrected chi connectivity index (χ3v) is 3.44. The Bertz CT molecular complexity index is 699. The molecule has 0 aromatic heterocycles. The number of aliphatic hydroxyl groups excluding tert-OH is 1. The van der Waals surface area contributed by atoms with Gasteiger partial charge in [-0.25, -0.2) is 0 Å². The molecule has 2 rings (SSSR count). The van der Waals surface area contributed by atoms with Crippen molar-refractivity contribution in [3.05, 3.63) is 65.7 Å². The number of hydrogen-bond acceptors (Lipinski definition) is 3. The lowest BCUT2D eigenvalue weighted by Crippen LogP contribution is -2.25. The zero-order chi connectivity index (χ0) is 17.2. The molecular weight excluding hydrogens is 302 g/mol. The lowest BCUT2D eigenvalue weighted by molar-refractivity contribution is -0.122. The van der Waals surface area contributed by atoms with Crippen molar-refractivity contribution in [1.29, 1.82) is 0 Å². The van der Waals surface area contributed by atoms with Crippen LogP contribution >= 0.6 is 0 Å². The standard InChI is InChI=1S/C20H21NO3/c1-2-3-13-21-20(23)14-19(22)17-9-11-18(12-10-17)24-15-16-7-5-4-6-8-16/h4-12,19,22H,13-15H2,1H3,(H,21,23). The van der Waals surface area contributed by atoms with Crippen molar-refractivity contribution >= 4 is 5.91 Å². The summed E-state index contributed by atoms with van der Waals surface area (Å²) in [4.78, 5) is 11.7. The van der Waals surface area contributed by atoms with Gasteiger partial charge in [0.2, 0.25) is 5.91 Å². The van der Waals surface area contributed by atoms with Gasteiger partial charge in [-0.1, -0.05) is 48.4 Å². The highest BCUT2D eigenvalue weighted by molar-refractivity contribution is 5.76. The monoisotopic (exact) mass is 323 g/mol. The lowest BCUT2D eigenvalue weighted by Gasteiger charge is -2.12. The number of carbonyl (C=O) groups is 1. The SMILES string of the molecule is CC#CCNC(=O)CC(O)c1ccc(OCc2ccccc2)cc1. The fraction of sp³-hybridized carbons (Fsp3) is 0.250. The summed E-state index contributed by atoms with van der Waals surface area (Å²) < 4.78 is 5.70. The Morgan fingerprint density at radius 3 is 2.54 bits per heavy atom. The van der Waals surface area contributed by atoms with Crippen LogP contribution in [0.1, 0.15) is 30.6 Å². The van der Waals surface area contributed by atoms with E-state index in [0.717, 1.165) is 11.3 Å². The van der Waals surface area contributed by atoms with Crippen molar-refractivity contribution in [1.82, 2.24) is 5.32 Å². The molecule has 2 aromatic rings. The Morgan fingerprint density at radius 2 is 1.88 bits per heavy atom. The summed E-state index contributed by atoms with van der Waals surface area (Å²) in [6.45, 7) is 2.50. The first-order chi connectivity index (χ1) is 11.7. The number of ether oxygens (including phenoxy) is 1. The van der Waals surface area contributed by atoms with Gasteiger partial charge in [-0.15, -0.1) is 5.92 Å². The Morgan fingerprint density at radius 1 is 1.17 bits per heavy atom. The second kappa shape index (κ2) is 9.39. The van der Waals surface area contributed by atoms with Crippen LogP contribution in [-0.4, -0.2) is 17.6 Å². The lowest BCUT2D eigenvalue weighted by atomic mass is 10.1. The Balaban J connectivity index is 1.84. The Labute approximate surface area is 142 Å². The van der Waals surface area contributed by atoms with Crippen molar-refractivity contribution in [3.63, 3.8) is 0 Å². The summed E-state index contributed by atoms with van der Waals surface area (Å²) >= 11 is 0. The molecule has 124 valence electrons. The second-order valence-electron chi connectivity index (χ2n) is 5.27. The van der Waals surface area contributed by atoms with E-state index >= 15 is 0 Å². The minimum atomic E-state index is -0.845. The smallest absolute Gasteiger partial charge is 0.223 e. The summed E-state index contributed by atoms with van der Waals surface area (Å²) in [5.41, 5.74) is 1.77. The minimum Gasteiger partial charge on any atom is -0.489 e. The highest BCUT2D eigenvalue weighted by Crippen LogP contribution is 2.20. The molecule has 0 saturated heterocycles. The second-order valence-corrected chi connectivity index (χ2v) is 5.27. The average Bonchev–Trinajstić information content (AvgIpc) is 2.61. The molecule has 0 aliphatic heterocycles. The number of rotatable bonds is 7. The topological polar surface area (TPSA) is 58.6 Å². The molecule has 1 unspecified atom stereocenters. The van der Waals surface area contributed by atoms with Gasteiger partial charge in [0.25, 0.3) is 0 Å². The Hall–Kier alpha value is -2.77. The maximum absolute atomic E-state index is 11.7.